The van der Waals surface area contributed by atoms with Crippen LogP contribution in [0.15, 0.2) is 42.5 Å². The number of carbonyl (C=O) groups excluding carboxylic acids is 1. The molecular weight excluding hydrogens is 359 g/mol. The molecule has 1 aliphatic rings. The number of hydrogen-bond donors (Lipinski definition) is 1. The number of piperidine rings is 1. The fourth-order valence-electron chi connectivity index (χ4n) is 3.00. The summed E-state index contributed by atoms with van der Waals surface area (Å²) in [5, 5.41) is 10.1. The monoisotopic (exact) mass is 379 g/mol. The summed E-state index contributed by atoms with van der Waals surface area (Å²) in [6, 6.07) is 11.3. The van der Waals surface area contributed by atoms with E-state index in [1.807, 2.05) is 18.2 Å². The first-order valence-electron chi connectivity index (χ1n) is 8.68. The van der Waals surface area contributed by atoms with Crippen molar-refractivity contribution >= 4 is 11.7 Å². The predicted molar refractivity (Wildman–Crippen MR) is 94.4 cm³/mol. The summed E-state index contributed by atoms with van der Waals surface area (Å²) in [6.45, 7) is 0.0899. The number of phenols is 1. The summed E-state index contributed by atoms with van der Waals surface area (Å²) in [5.74, 6) is -4.26. The normalized spacial score (nSPS) is 16.2. The molecular formula is C20H20F3NO3. The van der Waals surface area contributed by atoms with Gasteiger partial charge in [0.05, 0.1) is 12.1 Å². The van der Waals surface area contributed by atoms with Crippen molar-refractivity contribution in [2.75, 3.05) is 18.0 Å². The molecule has 1 heterocycles. The molecule has 3 rings (SSSR count). The maximum Gasteiger partial charge on any atom is 0.310 e. The highest BCUT2D eigenvalue weighted by atomic mass is 19.3. The molecule has 0 aromatic heterocycles. The van der Waals surface area contributed by atoms with Gasteiger partial charge in [0.15, 0.2) is 0 Å². The van der Waals surface area contributed by atoms with Crippen LogP contribution in [0, 0.1) is 5.82 Å². The van der Waals surface area contributed by atoms with Crippen LogP contribution in [0.4, 0.5) is 18.9 Å². The van der Waals surface area contributed by atoms with E-state index in [9.17, 15) is 23.1 Å². The highest BCUT2D eigenvalue weighted by Crippen LogP contribution is 2.34. The van der Waals surface area contributed by atoms with Gasteiger partial charge in [-0.25, -0.2) is 13.2 Å². The Bertz CT molecular complexity index is 802. The minimum Gasteiger partial charge on any atom is -0.508 e. The minimum absolute atomic E-state index is 0.00181. The topological polar surface area (TPSA) is 49.8 Å². The number of halogens is 3. The van der Waals surface area contributed by atoms with Gasteiger partial charge in [-0.1, -0.05) is 30.3 Å². The molecule has 0 unspecified atom stereocenters. The molecule has 0 atom stereocenters. The lowest BCUT2D eigenvalue weighted by molar-refractivity contribution is -0.144. The summed E-state index contributed by atoms with van der Waals surface area (Å²) in [5.41, 5.74) is 0.972. The van der Waals surface area contributed by atoms with E-state index < -0.39 is 17.7 Å². The largest absolute Gasteiger partial charge is 0.508 e. The molecule has 0 aliphatic carbocycles. The number of anilines is 1. The van der Waals surface area contributed by atoms with Gasteiger partial charge in [-0.15, -0.1) is 0 Å². The first-order chi connectivity index (χ1) is 12.8. The number of aromatic hydroxyl groups is 1. The second-order valence-electron chi connectivity index (χ2n) is 6.60. The molecule has 144 valence electrons. The van der Waals surface area contributed by atoms with E-state index in [4.69, 9.17) is 4.74 Å². The standard InChI is InChI=1S/C20H20F3NO3/c21-16-10-15(11-19(26)27-13-14-4-2-1-3-5-14)18(25)12-17(16)24-8-6-20(22,23)7-9-24/h1-5,10,12,25H,6-9,11,13H2. The van der Waals surface area contributed by atoms with Crippen molar-refractivity contribution in [2.45, 2.75) is 31.8 Å². The summed E-state index contributed by atoms with van der Waals surface area (Å²) in [4.78, 5) is 13.4. The molecule has 2 aromatic rings. The molecule has 0 radical (unpaired) electrons. The zero-order valence-electron chi connectivity index (χ0n) is 14.6. The van der Waals surface area contributed by atoms with Gasteiger partial charge in [0.2, 0.25) is 0 Å². The molecule has 7 heteroatoms. The fourth-order valence-corrected chi connectivity index (χ4v) is 3.00. The second-order valence-corrected chi connectivity index (χ2v) is 6.60. The summed E-state index contributed by atoms with van der Waals surface area (Å²) in [7, 11) is 0. The number of ether oxygens (including phenoxy) is 1. The van der Waals surface area contributed by atoms with E-state index in [0.29, 0.717) is 0 Å². The first-order valence-corrected chi connectivity index (χ1v) is 8.68. The van der Waals surface area contributed by atoms with E-state index in [-0.39, 0.29) is 56.0 Å². The van der Waals surface area contributed by atoms with E-state index in [1.165, 1.54) is 11.0 Å². The molecule has 27 heavy (non-hydrogen) atoms. The van der Waals surface area contributed by atoms with Gasteiger partial charge < -0.3 is 14.7 Å². The molecule has 2 aromatic carbocycles. The van der Waals surface area contributed by atoms with E-state index in [1.54, 1.807) is 12.1 Å². The van der Waals surface area contributed by atoms with Crippen molar-refractivity contribution in [3.8, 4) is 5.75 Å². The van der Waals surface area contributed by atoms with Gasteiger partial charge in [0.1, 0.15) is 18.2 Å². The Kier molecular flexibility index (Phi) is 5.58. The van der Waals surface area contributed by atoms with Crippen molar-refractivity contribution in [1.29, 1.82) is 0 Å². The Hall–Kier alpha value is -2.70. The number of carbonyl (C=O) groups is 1. The average Bonchev–Trinajstić information content (AvgIpc) is 2.64. The number of nitrogens with zero attached hydrogens (tertiary/aromatic N) is 1. The van der Waals surface area contributed by atoms with Crippen molar-refractivity contribution in [1.82, 2.24) is 0 Å². The zero-order chi connectivity index (χ0) is 19.4. The number of hydrogen-bond acceptors (Lipinski definition) is 4. The molecule has 0 spiro atoms. The summed E-state index contributed by atoms with van der Waals surface area (Å²) < 4.78 is 46.1. The zero-order valence-corrected chi connectivity index (χ0v) is 14.6. The van der Waals surface area contributed by atoms with Gasteiger partial charge in [-0.3, -0.25) is 4.79 Å². The van der Waals surface area contributed by atoms with E-state index in [0.717, 1.165) is 11.6 Å². The minimum atomic E-state index is -2.74. The highest BCUT2D eigenvalue weighted by molar-refractivity contribution is 5.74. The number of rotatable bonds is 5. The molecule has 1 aliphatic heterocycles. The Balaban J connectivity index is 1.63. The van der Waals surface area contributed by atoms with Crippen LogP contribution in [-0.2, 0) is 22.6 Å². The number of phenolic OH excluding ortho intramolecular Hbond substituents is 1. The molecule has 0 bridgehead atoms. The van der Waals surface area contributed by atoms with E-state index in [2.05, 4.69) is 0 Å². The Morgan fingerprint density at radius 1 is 1.15 bits per heavy atom. The molecule has 0 saturated carbocycles. The highest BCUT2D eigenvalue weighted by Gasteiger charge is 2.34. The van der Waals surface area contributed by atoms with Gasteiger partial charge >= 0.3 is 5.97 Å². The maximum absolute atomic E-state index is 14.4. The lowest BCUT2D eigenvalue weighted by atomic mass is 10.0. The van der Waals surface area contributed by atoms with Crippen molar-refractivity contribution in [2.24, 2.45) is 0 Å². The van der Waals surface area contributed by atoms with Crippen LogP contribution in [0.3, 0.4) is 0 Å². The van der Waals surface area contributed by atoms with Crippen LogP contribution in [0.1, 0.15) is 24.0 Å². The van der Waals surface area contributed by atoms with Crippen LogP contribution < -0.4 is 4.90 Å². The second kappa shape index (κ2) is 7.90. The van der Waals surface area contributed by atoms with Crippen molar-refractivity contribution in [3.05, 3.63) is 59.4 Å². The average molecular weight is 379 g/mol. The van der Waals surface area contributed by atoms with Crippen LogP contribution in [-0.4, -0.2) is 30.1 Å². The molecule has 1 fully saturated rings. The lowest BCUT2D eigenvalue weighted by Crippen LogP contribution is -2.39. The quantitative estimate of drug-likeness (QED) is 0.797. The molecule has 1 N–H and O–H groups in total. The van der Waals surface area contributed by atoms with Gasteiger partial charge in [0, 0.05) is 37.6 Å². The van der Waals surface area contributed by atoms with Gasteiger partial charge in [-0.05, 0) is 11.6 Å². The van der Waals surface area contributed by atoms with E-state index >= 15 is 0 Å². The molecule has 4 nitrogen and oxygen atoms in total. The maximum atomic E-state index is 14.4. The van der Waals surface area contributed by atoms with Gasteiger partial charge in [0.25, 0.3) is 5.92 Å². The van der Waals surface area contributed by atoms with Gasteiger partial charge in [-0.2, -0.15) is 0 Å². The Morgan fingerprint density at radius 2 is 1.81 bits per heavy atom. The van der Waals surface area contributed by atoms with Crippen LogP contribution in [0.25, 0.3) is 0 Å². The van der Waals surface area contributed by atoms with Crippen LogP contribution in [0.2, 0.25) is 0 Å². The van der Waals surface area contributed by atoms with Crippen LogP contribution in [0.5, 0.6) is 5.75 Å². The summed E-state index contributed by atoms with van der Waals surface area (Å²) in [6.07, 6.45) is -1.00. The predicted octanol–water partition coefficient (Wildman–Crippen LogP) is 4.05. The Labute approximate surface area is 155 Å². The number of alkyl halides is 2. The third-order valence-corrected chi connectivity index (χ3v) is 4.56. The third-order valence-electron chi connectivity index (χ3n) is 4.56. The smallest absolute Gasteiger partial charge is 0.310 e. The number of esters is 1. The third kappa shape index (κ3) is 4.93. The lowest BCUT2D eigenvalue weighted by Gasteiger charge is -2.33. The van der Waals surface area contributed by atoms with Crippen molar-refractivity contribution in [3.63, 3.8) is 0 Å². The molecule has 0 amide bonds. The van der Waals surface area contributed by atoms with Crippen LogP contribution >= 0.6 is 0 Å². The SMILES string of the molecule is O=C(Cc1cc(F)c(N2CCC(F)(F)CC2)cc1O)OCc1ccccc1. The molecule has 1 saturated heterocycles. The fraction of sp³-hybridized carbons (Fsp3) is 0.350. The summed E-state index contributed by atoms with van der Waals surface area (Å²) >= 11 is 0. The Morgan fingerprint density at radius 3 is 2.48 bits per heavy atom. The number of benzene rings is 2. The first kappa shape index (κ1) is 19.1. The van der Waals surface area contributed by atoms with Crippen molar-refractivity contribution < 1.29 is 27.8 Å².